The number of allylic oxidation sites excluding steroid dienone is 6. The molecule has 0 aromatic carbocycles. The summed E-state index contributed by atoms with van der Waals surface area (Å²) in [6, 6.07) is 3.56. The lowest BCUT2D eigenvalue weighted by molar-refractivity contribution is -0.141. The molecule has 6 nitrogen and oxygen atoms in total. The number of nitriles is 2. The summed E-state index contributed by atoms with van der Waals surface area (Å²) in [6.07, 6.45) is 4.53. The summed E-state index contributed by atoms with van der Waals surface area (Å²) in [6.45, 7) is 6.19. The average Bonchev–Trinajstić information content (AvgIpc) is 2.60. The fourth-order valence-corrected chi connectivity index (χ4v) is 1.90. The van der Waals surface area contributed by atoms with Gasteiger partial charge in [-0.2, -0.15) is 10.5 Å². The zero-order chi connectivity index (χ0) is 17.6. The van der Waals surface area contributed by atoms with E-state index in [9.17, 15) is 9.59 Å². The molecular formula is C17H16N2O4. The molecule has 0 aromatic heterocycles. The smallest absolute Gasteiger partial charge is 0.308 e. The van der Waals surface area contributed by atoms with Crippen molar-refractivity contribution in [1.82, 2.24) is 0 Å². The fraction of sp³-hybridized carbons (Fsp3) is 0.294. The molecule has 0 aromatic rings. The zero-order valence-corrected chi connectivity index (χ0v) is 13.3. The number of hydrogen-bond donors (Lipinski definition) is 0. The van der Waals surface area contributed by atoms with Crippen LogP contribution in [0.1, 0.15) is 27.7 Å². The summed E-state index contributed by atoms with van der Waals surface area (Å²) in [5, 5.41) is 18.0. The van der Waals surface area contributed by atoms with Gasteiger partial charge in [-0.05, 0) is 12.0 Å². The molecule has 0 amide bonds. The second-order valence-corrected chi connectivity index (χ2v) is 5.02. The molecule has 0 spiro atoms. The van der Waals surface area contributed by atoms with E-state index in [-0.39, 0.29) is 28.6 Å². The summed E-state index contributed by atoms with van der Waals surface area (Å²) >= 11 is 0. The molecule has 6 heteroatoms. The second kappa shape index (κ2) is 7.77. The lowest BCUT2D eigenvalue weighted by atomic mass is 10.0. The van der Waals surface area contributed by atoms with Crippen LogP contribution in [0.15, 0.2) is 46.5 Å². The van der Waals surface area contributed by atoms with Crippen LogP contribution in [-0.4, -0.2) is 11.9 Å². The van der Waals surface area contributed by atoms with Crippen molar-refractivity contribution in [3.8, 4) is 12.1 Å². The quantitative estimate of drug-likeness (QED) is 0.586. The van der Waals surface area contributed by atoms with Crippen molar-refractivity contribution in [3.63, 3.8) is 0 Å². The van der Waals surface area contributed by atoms with Crippen LogP contribution in [0, 0.1) is 28.6 Å². The second-order valence-electron chi connectivity index (χ2n) is 5.02. The number of ether oxygens (including phenoxy) is 2. The van der Waals surface area contributed by atoms with Crippen molar-refractivity contribution < 1.29 is 19.1 Å². The Morgan fingerprint density at radius 2 is 1.61 bits per heavy atom. The third-order valence-corrected chi connectivity index (χ3v) is 2.85. The van der Waals surface area contributed by atoms with Gasteiger partial charge in [0.25, 0.3) is 0 Å². The van der Waals surface area contributed by atoms with Crippen LogP contribution in [-0.2, 0) is 19.1 Å². The maximum atomic E-state index is 11.4. The van der Waals surface area contributed by atoms with Gasteiger partial charge in [0.05, 0.1) is 0 Å². The molecule has 0 unspecified atom stereocenters. The van der Waals surface area contributed by atoms with E-state index in [0.717, 1.165) is 0 Å². The molecule has 23 heavy (non-hydrogen) atoms. The van der Waals surface area contributed by atoms with Crippen LogP contribution in [0.4, 0.5) is 0 Å². The topological polar surface area (TPSA) is 100 Å². The molecule has 1 aliphatic rings. The van der Waals surface area contributed by atoms with Gasteiger partial charge >= 0.3 is 11.9 Å². The summed E-state index contributed by atoms with van der Waals surface area (Å²) < 4.78 is 10.3. The lowest BCUT2D eigenvalue weighted by Gasteiger charge is -2.15. The number of hydrogen-bond acceptors (Lipinski definition) is 6. The molecule has 0 saturated carbocycles. The number of nitrogens with zero attached hydrogens (tertiary/aromatic N) is 2. The Hall–Kier alpha value is -3.12. The van der Waals surface area contributed by atoms with Crippen molar-refractivity contribution in [2.24, 2.45) is 5.92 Å². The first-order valence-corrected chi connectivity index (χ1v) is 6.85. The van der Waals surface area contributed by atoms with Crippen molar-refractivity contribution in [2.75, 3.05) is 0 Å². The average molecular weight is 312 g/mol. The minimum Gasteiger partial charge on any atom is -0.423 e. The molecular weight excluding hydrogens is 296 g/mol. The predicted octanol–water partition coefficient (Wildman–Crippen LogP) is 2.82. The SMILES string of the molecule is CC(=O)OC1=CC(=C(C#N)C#N)C=CC(C(C)C)=C1OC(C)=O. The summed E-state index contributed by atoms with van der Waals surface area (Å²) in [4.78, 5) is 22.7. The molecule has 0 radical (unpaired) electrons. The summed E-state index contributed by atoms with van der Waals surface area (Å²) in [5.41, 5.74) is 0.738. The molecule has 0 heterocycles. The molecule has 0 fully saturated rings. The lowest BCUT2D eigenvalue weighted by Crippen LogP contribution is -2.11. The first-order valence-electron chi connectivity index (χ1n) is 6.85. The van der Waals surface area contributed by atoms with Crippen LogP contribution in [0.5, 0.6) is 0 Å². The first kappa shape index (κ1) is 17.9. The van der Waals surface area contributed by atoms with E-state index in [2.05, 4.69) is 0 Å². The Morgan fingerprint density at radius 1 is 1.04 bits per heavy atom. The van der Waals surface area contributed by atoms with Gasteiger partial charge < -0.3 is 9.47 Å². The van der Waals surface area contributed by atoms with Crippen molar-refractivity contribution in [2.45, 2.75) is 27.7 Å². The van der Waals surface area contributed by atoms with Crippen molar-refractivity contribution in [1.29, 1.82) is 10.5 Å². The Labute approximate surface area is 134 Å². The standard InChI is InChI=1S/C17H16N2O4/c1-10(2)15-6-5-13(14(8-18)9-19)7-16(22-11(3)20)17(15)23-12(4)21/h5-7,10H,1-4H3. The minimum absolute atomic E-state index is 0.0144. The van der Waals surface area contributed by atoms with Gasteiger partial charge in [0.1, 0.15) is 17.7 Å². The molecule has 0 saturated heterocycles. The number of carbonyl (C=O) groups excluding carboxylic acids is 2. The first-order chi connectivity index (χ1) is 10.8. The van der Waals surface area contributed by atoms with Crippen LogP contribution >= 0.6 is 0 Å². The Kier molecular flexibility index (Phi) is 6.05. The van der Waals surface area contributed by atoms with Gasteiger partial charge in [-0.1, -0.05) is 26.0 Å². The fourth-order valence-electron chi connectivity index (χ4n) is 1.90. The molecule has 0 N–H and O–H groups in total. The van der Waals surface area contributed by atoms with E-state index >= 15 is 0 Å². The van der Waals surface area contributed by atoms with E-state index < -0.39 is 11.9 Å². The van der Waals surface area contributed by atoms with Gasteiger partial charge in [0.15, 0.2) is 11.5 Å². The molecule has 118 valence electrons. The number of esters is 2. The third-order valence-electron chi connectivity index (χ3n) is 2.85. The van der Waals surface area contributed by atoms with E-state index in [0.29, 0.717) is 5.57 Å². The van der Waals surface area contributed by atoms with Crippen LogP contribution in [0.25, 0.3) is 0 Å². The minimum atomic E-state index is -0.610. The van der Waals surface area contributed by atoms with Gasteiger partial charge in [-0.15, -0.1) is 0 Å². The summed E-state index contributed by atoms with van der Waals surface area (Å²) in [7, 11) is 0. The maximum Gasteiger partial charge on any atom is 0.308 e. The van der Waals surface area contributed by atoms with Crippen LogP contribution in [0.2, 0.25) is 0 Å². The van der Waals surface area contributed by atoms with E-state index in [1.165, 1.54) is 19.9 Å². The largest absolute Gasteiger partial charge is 0.423 e. The Balaban J connectivity index is 3.65. The zero-order valence-electron chi connectivity index (χ0n) is 13.3. The normalized spacial score (nSPS) is 13.7. The Morgan fingerprint density at radius 3 is 2.04 bits per heavy atom. The molecule has 1 aliphatic carbocycles. The predicted molar refractivity (Wildman–Crippen MR) is 80.9 cm³/mol. The monoisotopic (exact) mass is 312 g/mol. The van der Waals surface area contributed by atoms with E-state index in [1.54, 1.807) is 24.3 Å². The van der Waals surface area contributed by atoms with Crippen LogP contribution < -0.4 is 0 Å². The molecule has 1 rings (SSSR count). The number of rotatable bonds is 3. The van der Waals surface area contributed by atoms with Crippen molar-refractivity contribution >= 4 is 11.9 Å². The third kappa shape index (κ3) is 4.69. The molecule has 0 bridgehead atoms. The summed E-state index contributed by atoms with van der Waals surface area (Å²) in [5.74, 6) is -1.14. The molecule has 0 atom stereocenters. The van der Waals surface area contributed by atoms with Gasteiger partial charge in [0.2, 0.25) is 0 Å². The van der Waals surface area contributed by atoms with Gasteiger partial charge in [-0.25, -0.2) is 0 Å². The van der Waals surface area contributed by atoms with E-state index in [4.69, 9.17) is 20.0 Å². The van der Waals surface area contributed by atoms with Gasteiger partial charge in [-0.3, -0.25) is 9.59 Å². The highest BCUT2D eigenvalue weighted by Gasteiger charge is 2.23. The van der Waals surface area contributed by atoms with Crippen LogP contribution in [0.3, 0.4) is 0 Å². The van der Waals surface area contributed by atoms with Gasteiger partial charge in [0, 0.05) is 25.0 Å². The Bertz CT molecular complexity index is 722. The van der Waals surface area contributed by atoms with Crippen molar-refractivity contribution in [3.05, 3.63) is 46.5 Å². The van der Waals surface area contributed by atoms with E-state index in [1.807, 2.05) is 13.8 Å². The highest BCUT2D eigenvalue weighted by atomic mass is 16.6. The highest BCUT2D eigenvalue weighted by Crippen LogP contribution is 2.30. The number of carbonyl (C=O) groups is 2. The maximum absolute atomic E-state index is 11.4. The highest BCUT2D eigenvalue weighted by molar-refractivity contribution is 5.72. The molecule has 0 aliphatic heterocycles.